The second-order valence-corrected chi connectivity index (χ2v) is 3.97. The zero-order chi connectivity index (χ0) is 9.86. The van der Waals surface area contributed by atoms with Crippen molar-refractivity contribution in [1.29, 1.82) is 0 Å². The van der Waals surface area contributed by atoms with Crippen molar-refractivity contribution >= 4 is 6.29 Å². The van der Waals surface area contributed by atoms with Gasteiger partial charge in [0, 0.05) is 0 Å². The lowest BCUT2D eigenvalue weighted by atomic mass is 9.91. The van der Waals surface area contributed by atoms with Gasteiger partial charge in [0.05, 0.1) is 5.54 Å². The van der Waals surface area contributed by atoms with E-state index in [0.717, 1.165) is 32.1 Å². The van der Waals surface area contributed by atoms with E-state index < -0.39 is 0 Å². The van der Waals surface area contributed by atoms with E-state index in [4.69, 9.17) is 0 Å². The third-order valence-electron chi connectivity index (χ3n) is 2.86. The van der Waals surface area contributed by atoms with Crippen molar-refractivity contribution in [3.05, 3.63) is 35.9 Å². The molecule has 14 heavy (non-hydrogen) atoms. The Hall–Kier alpha value is -1.15. The summed E-state index contributed by atoms with van der Waals surface area (Å²) in [5.41, 5.74) is 0.940. The van der Waals surface area contributed by atoms with Gasteiger partial charge < -0.3 is 10.1 Å². The fourth-order valence-corrected chi connectivity index (χ4v) is 2.08. The number of carbonyl (C=O) groups is 1. The highest BCUT2D eigenvalue weighted by atomic mass is 16.1. The standard InChI is InChI=1S/C12H15NO/c14-10-12(7-4-8-13-12)9-11-5-2-1-3-6-11/h1-3,5-6,10,13H,4,7-9H2/t12-/m1/s1. The molecule has 2 heteroatoms. The zero-order valence-corrected chi connectivity index (χ0v) is 8.20. The summed E-state index contributed by atoms with van der Waals surface area (Å²) in [5.74, 6) is 0. The Morgan fingerprint density at radius 3 is 2.71 bits per heavy atom. The summed E-state index contributed by atoms with van der Waals surface area (Å²) >= 11 is 0. The molecule has 74 valence electrons. The SMILES string of the molecule is O=C[C@]1(Cc2ccccc2)CCCN1. The second-order valence-electron chi connectivity index (χ2n) is 3.97. The van der Waals surface area contributed by atoms with Crippen molar-refractivity contribution in [2.24, 2.45) is 0 Å². The van der Waals surface area contributed by atoms with Crippen LogP contribution in [0.3, 0.4) is 0 Å². The van der Waals surface area contributed by atoms with Crippen LogP contribution in [0.2, 0.25) is 0 Å². The summed E-state index contributed by atoms with van der Waals surface area (Å²) in [6, 6.07) is 10.2. The van der Waals surface area contributed by atoms with Gasteiger partial charge in [0.15, 0.2) is 0 Å². The molecule has 0 radical (unpaired) electrons. The van der Waals surface area contributed by atoms with Gasteiger partial charge in [0.1, 0.15) is 6.29 Å². The first-order valence-corrected chi connectivity index (χ1v) is 5.10. The molecule has 1 aliphatic heterocycles. The van der Waals surface area contributed by atoms with Crippen LogP contribution in [0.25, 0.3) is 0 Å². The molecule has 1 N–H and O–H groups in total. The molecule has 1 heterocycles. The van der Waals surface area contributed by atoms with E-state index >= 15 is 0 Å². The van der Waals surface area contributed by atoms with Crippen molar-refractivity contribution in [2.45, 2.75) is 24.8 Å². The van der Waals surface area contributed by atoms with E-state index in [0.29, 0.717) is 0 Å². The van der Waals surface area contributed by atoms with E-state index in [1.165, 1.54) is 5.56 Å². The van der Waals surface area contributed by atoms with Gasteiger partial charge in [-0.25, -0.2) is 0 Å². The molecular weight excluding hydrogens is 174 g/mol. The molecule has 2 rings (SSSR count). The highest BCUT2D eigenvalue weighted by Crippen LogP contribution is 2.21. The minimum atomic E-state index is -0.290. The minimum Gasteiger partial charge on any atom is -0.305 e. The molecule has 2 nitrogen and oxygen atoms in total. The summed E-state index contributed by atoms with van der Waals surface area (Å²) < 4.78 is 0. The number of hydrogen-bond donors (Lipinski definition) is 1. The van der Waals surface area contributed by atoms with Crippen molar-refractivity contribution in [3.63, 3.8) is 0 Å². The smallest absolute Gasteiger partial charge is 0.140 e. The summed E-state index contributed by atoms with van der Waals surface area (Å²) in [5, 5.41) is 3.30. The first-order valence-electron chi connectivity index (χ1n) is 5.10. The molecule has 1 aromatic rings. The molecule has 0 spiro atoms. The van der Waals surface area contributed by atoms with Gasteiger partial charge in [-0.1, -0.05) is 30.3 Å². The topological polar surface area (TPSA) is 29.1 Å². The predicted molar refractivity (Wildman–Crippen MR) is 56.2 cm³/mol. The molecule has 0 aromatic heterocycles. The number of aldehydes is 1. The van der Waals surface area contributed by atoms with E-state index in [9.17, 15) is 4.79 Å². The molecule has 1 aromatic carbocycles. The van der Waals surface area contributed by atoms with Gasteiger partial charge in [-0.15, -0.1) is 0 Å². The van der Waals surface area contributed by atoms with Gasteiger partial charge in [-0.05, 0) is 31.4 Å². The molecule has 0 saturated carbocycles. The Labute approximate surface area is 84.3 Å². The number of carbonyl (C=O) groups excluding carboxylic acids is 1. The van der Waals surface area contributed by atoms with Gasteiger partial charge >= 0.3 is 0 Å². The van der Waals surface area contributed by atoms with Crippen LogP contribution in [0.4, 0.5) is 0 Å². The Balaban J connectivity index is 2.12. The van der Waals surface area contributed by atoms with Gasteiger partial charge in [-0.2, -0.15) is 0 Å². The molecule has 0 aliphatic carbocycles. The van der Waals surface area contributed by atoms with Crippen molar-refractivity contribution in [1.82, 2.24) is 5.32 Å². The summed E-state index contributed by atoms with van der Waals surface area (Å²) in [7, 11) is 0. The average Bonchev–Trinajstić information content (AvgIpc) is 2.69. The Kier molecular flexibility index (Phi) is 2.64. The third kappa shape index (κ3) is 1.85. The average molecular weight is 189 g/mol. The lowest BCUT2D eigenvalue weighted by Crippen LogP contribution is -2.43. The van der Waals surface area contributed by atoms with E-state index in [-0.39, 0.29) is 5.54 Å². The maximum Gasteiger partial charge on any atom is 0.140 e. The molecule has 0 bridgehead atoms. The first kappa shape index (κ1) is 9.41. The van der Waals surface area contributed by atoms with Crippen molar-refractivity contribution in [2.75, 3.05) is 6.54 Å². The zero-order valence-electron chi connectivity index (χ0n) is 8.20. The Morgan fingerprint density at radius 2 is 2.14 bits per heavy atom. The maximum atomic E-state index is 11.1. The lowest BCUT2D eigenvalue weighted by Gasteiger charge is -2.22. The molecule has 1 atom stereocenters. The molecule has 1 aliphatic rings. The van der Waals surface area contributed by atoms with E-state index in [1.54, 1.807) is 0 Å². The fourth-order valence-electron chi connectivity index (χ4n) is 2.08. The second kappa shape index (κ2) is 3.93. The molecule has 1 fully saturated rings. The Bertz CT molecular complexity index is 301. The van der Waals surface area contributed by atoms with Crippen LogP contribution in [0.15, 0.2) is 30.3 Å². The van der Waals surface area contributed by atoms with Gasteiger partial charge in [0.2, 0.25) is 0 Å². The van der Waals surface area contributed by atoms with Crippen molar-refractivity contribution < 1.29 is 4.79 Å². The van der Waals surface area contributed by atoms with E-state index in [2.05, 4.69) is 17.4 Å². The predicted octanol–water partition coefficient (Wildman–Crippen LogP) is 1.55. The number of hydrogen-bond acceptors (Lipinski definition) is 2. The van der Waals surface area contributed by atoms with E-state index in [1.807, 2.05) is 18.2 Å². The molecule has 0 amide bonds. The quantitative estimate of drug-likeness (QED) is 0.731. The van der Waals surface area contributed by atoms with Crippen LogP contribution in [0.5, 0.6) is 0 Å². The molecule has 1 saturated heterocycles. The van der Waals surface area contributed by atoms with Crippen LogP contribution in [0.1, 0.15) is 18.4 Å². The maximum absolute atomic E-state index is 11.1. The van der Waals surface area contributed by atoms with Crippen LogP contribution in [-0.4, -0.2) is 18.4 Å². The largest absolute Gasteiger partial charge is 0.305 e. The molecule has 0 unspecified atom stereocenters. The van der Waals surface area contributed by atoms with Crippen LogP contribution >= 0.6 is 0 Å². The Morgan fingerprint density at radius 1 is 1.36 bits per heavy atom. The number of benzene rings is 1. The fraction of sp³-hybridized carbons (Fsp3) is 0.417. The monoisotopic (exact) mass is 189 g/mol. The third-order valence-corrected chi connectivity index (χ3v) is 2.86. The number of nitrogens with one attached hydrogen (secondary N) is 1. The normalized spacial score (nSPS) is 26.3. The van der Waals surface area contributed by atoms with Crippen LogP contribution in [-0.2, 0) is 11.2 Å². The first-order chi connectivity index (χ1) is 6.85. The van der Waals surface area contributed by atoms with Gasteiger partial charge in [-0.3, -0.25) is 0 Å². The summed E-state index contributed by atoms with van der Waals surface area (Å²) in [4.78, 5) is 11.1. The van der Waals surface area contributed by atoms with Gasteiger partial charge in [0.25, 0.3) is 0 Å². The van der Waals surface area contributed by atoms with Crippen LogP contribution < -0.4 is 5.32 Å². The van der Waals surface area contributed by atoms with Crippen LogP contribution in [0, 0.1) is 0 Å². The van der Waals surface area contributed by atoms with Crippen molar-refractivity contribution in [3.8, 4) is 0 Å². The molecular formula is C12H15NO. The minimum absolute atomic E-state index is 0.290. The summed E-state index contributed by atoms with van der Waals surface area (Å²) in [6.45, 7) is 0.964. The number of rotatable bonds is 3. The lowest BCUT2D eigenvalue weighted by molar-refractivity contribution is -0.112. The highest BCUT2D eigenvalue weighted by Gasteiger charge is 2.32. The highest BCUT2D eigenvalue weighted by molar-refractivity contribution is 5.65. The summed E-state index contributed by atoms with van der Waals surface area (Å²) in [6.07, 6.45) is 3.96.